The van der Waals surface area contributed by atoms with Gasteiger partial charge in [0.15, 0.2) is 0 Å². The summed E-state index contributed by atoms with van der Waals surface area (Å²) in [4.78, 5) is 18.7. The number of carbonyl (C=O) groups excluding carboxylic acids is 1. The molecule has 21 heavy (non-hydrogen) atoms. The van der Waals surface area contributed by atoms with Crippen molar-refractivity contribution in [3.05, 3.63) is 16.1 Å². The molecule has 1 aromatic heterocycles. The first-order valence-electron chi connectivity index (χ1n) is 7.06. The Morgan fingerprint density at radius 3 is 2.90 bits per heavy atom. The first-order valence-corrected chi connectivity index (χ1v) is 7.93. The summed E-state index contributed by atoms with van der Waals surface area (Å²) in [6, 6.07) is 0.402. The Morgan fingerprint density at radius 1 is 1.52 bits per heavy atom. The summed E-state index contributed by atoms with van der Waals surface area (Å²) in [6.07, 6.45) is 4.75. The highest BCUT2D eigenvalue weighted by atomic mass is 35.5. The van der Waals surface area contributed by atoms with E-state index in [1.807, 2.05) is 14.0 Å². The van der Waals surface area contributed by atoms with Crippen LogP contribution in [0.2, 0.25) is 0 Å². The summed E-state index contributed by atoms with van der Waals surface area (Å²) in [7, 11) is 1.95. The molecule has 1 aliphatic heterocycles. The number of aromatic nitrogens is 1. The summed E-state index contributed by atoms with van der Waals surface area (Å²) < 4.78 is 0. The molecule has 2 heterocycles. The molecule has 1 aliphatic rings. The van der Waals surface area contributed by atoms with Gasteiger partial charge < -0.3 is 10.2 Å². The largest absolute Gasteiger partial charge is 0.338 e. The van der Waals surface area contributed by atoms with Crippen molar-refractivity contribution in [3.8, 4) is 0 Å². The molecule has 1 amide bonds. The molecule has 4 nitrogen and oxygen atoms in total. The van der Waals surface area contributed by atoms with Crippen LogP contribution in [0.15, 0.2) is 5.38 Å². The van der Waals surface area contributed by atoms with Gasteiger partial charge in [0.2, 0.25) is 5.91 Å². The van der Waals surface area contributed by atoms with Gasteiger partial charge in [-0.25, -0.2) is 4.98 Å². The third kappa shape index (κ3) is 6.10. The minimum absolute atomic E-state index is 0. The van der Waals surface area contributed by atoms with Crippen molar-refractivity contribution >= 4 is 42.1 Å². The number of rotatable bonds is 6. The van der Waals surface area contributed by atoms with E-state index in [1.165, 1.54) is 0 Å². The number of likely N-dealkylation sites (N-methyl/N-ethyl adjacent to an activating group) is 1. The first-order chi connectivity index (χ1) is 9.20. The van der Waals surface area contributed by atoms with Crippen LogP contribution in [0, 0.1) is 6.92 Å². The molecule has 7 heteroatoms. The molecule has 1 saturated heterocycles. The minimum atomic E-state index is 0. The molecule has 2 rings (SSSR count). The van der Waals surface area contributed by atoms with Crippen LogP contribution in [-0.2, 0) is 11.2 Å². The summed E-state index contributed by atoms with van der Waals surface area (Å²) in [6.45, 7) is 3.86. The van der Waals surface area contributed by atoms with Gasteiger partial charge in [0, 0.05) is 30.9 Å². The van der Waals surface area contributed by atoms with Crippen LogP contribution in [0.25, 0.3) is 0 Å². The number of hydrogen-bond acceptors (Lipinski definition) is 4. The van der Waals surface area contributed by atoms with Gasteiger partial charge in [0.25, 0.3) is 0 Å². The topological polar surface area (TPSA) is 45.2 Å². The molecule has 122 valence electrons. The van der Waals surface area contributed by atoms with Gasteiger partial charge in [0.1, 0.15) is 0 Å². The van der Waals surface area contributed by atoms with E-state index >= 15 is 0 Å². The van der Waals surface area contributed by atoms with E-state index in [0.717, 1.165) is 49.5 Å². The zero-order valence-electron chi connectivity index (χ0n) is 12.6. The number of nitrogens with zero attached hydrogens (tertiary/aromatic N) is 2. The normalized spacial score (nSPS) is 17.2. The summed E-state index contributed by atoms with van der Waals surface area (Å²) in [5.41, 5.74) is 1.13. The van der Waals surface area contributed by atoms with Crippen molar-refractivity contribution in [2.45, 2.75) is 45.1 Å². The Balaban J connectivity index is 0.00000200. The maximum atomic E-state index is 12.2. The number of amides is 1. The van der Waals surface area contributed by atoms with Crippen molar-refractivity contribution in [1.82, 2.24) is 15.2 Å². The molecular weight excluding hydrogens is 329 g/mol. The van der Waals surface area contributed by atoms with Gasteiger partial charge >= 0.3 is 0 Å². The lowest BCUT2D eigenvalue weighted by molar-refractivity contribution is -0.132. The Hall–Kier alpha value is -0.360. The lowest BCUT2D eigenvalue weighted by atomic mass is 10.1. The molecule has 0 saturated carbocycles. The van der Waals surface area contributed by atoms with Crippen LogP contribution in [0.1, 0.15) is 36.4 Å². The van der Waals surface area contributed by atoms with Crippen molar-refractivity contribution in [2.24, 2.45) is 0 Å². The van der Waals surface area contributed by atoms with Crippen LogP contribution in [0.4, 0.5) is 0 Å². The highest BCUT2D eigenvalue weighted by Crippen LogP contribution is 2.19. The lowest BCUT2D eigenvalue weighted by Crippen LogP contribution is -2.40. The second-order valence-corrected chi connectivity index (χ2v) is 6.21. The van der Waals surface area contributed by atoms with Crippen LogP contribution >= 0.6 is 36.2 Å². The zero-order chi connectivity index (χ0) is 13.7. The zero-order valence-corrected chi connectivity index (χ0v) is 15.1. The molecule has 0 aromatic carbocycles. The second-order valence-electron chi connectivity index (χ2n) is 5.15. The Bertz CT molecular complexity index is 428. The van der Waals surface area contributed by atoms with E-state index in [2.05, 4.69) is 20.6 Å². The van der Waals surface area contributed by atoms with E-state index in [1.54, 1.807) is 11.3 Å². The smallest absolute Gasteiger partial charge is 0.222 e. The molecule has 1 fully saturated rings. The number of halogens is 2. The number of aryl methyl sites for hydroxylation is 2. The fourth-order valence-corrected chi connectivity index (χ4v) is 3.35. The molecule has 1 N–H and O–H groups in total. The van der Waals surface area contributed by atoms with E-state index < -0.39 is 0 Å². The minimum Gasteiger partial charge on any atom is -0.338 e. The number of nitrogens with one attached hydrogen (secondary N) is 1. The van der Waals surface area contributed by atoms with Gasteiger partial charge in [-0.1, -0.05) is 0 Å². The number of hydrogen-bond donors (Lipinski definition) is 1. The standard InChI is InChI=1S/C14H23N3OS.2ClH/c1-11-16-12(10-19-11)5-3-7-14(18)17-8-4-6-13(17)9-15-2;;/h10,13,15H,3-9H2,1-2H3;2*1H. The maximum Gasteiger partial charge on any atom is 0.222 e. The van der Waals surface area contributed by atoms with E-state index in [0.29, 0.717) is 18.4 Å². The van der Waals surface area contributed by atoms with Gasteiger partial charge in [-0.05, 0) is 39.7 Å². The van der Waals surface area contributed by atoms with Crippen molar-refractivity contribution in [2.75, 3.05) is 20.1 Å². The quantitative estimate of drug-likeness (QED) is 0.855. The fraction of sp³-hybridized carbons (Fsp3) is 0.714. The third-order valence-corrected chi connectivity index (χ3v) is 4.45. The van der Waals surface area contributed by atoms with Crippen molar-refractivity contribution in [3.63, 3.8) is 0 Å². The highest BCUT2D eigenvalue weighted by molar-refractivity contribution is 7.09. The summed E-state index contributed by atoms with van der Waals surface area (Å²) in [5.74, 6) is 0.310. The Morgan fingerprint density at radius 2 is 2.29 bits per heavy atom. The van der Waals surface area contributed by atoms with Crippen LogP contribution in [-0.4, -0.2) is 42.0 Å². The van der Waals surface area contributed by atoms with Crippen molar-refractivity contribution in [1.29, 1.82) is 0 Å². The number of thiazole rings is 1. The van der Waals surface area contributed by atoms with E-state index in [9.17, 15) is 4.79 Å². The second kappa shape index (κ2) is 10.4. The number of likely N-dealkylation sites (tertiary alicyclic amines) is 1. The molecule has 1 unspecified atom stereocenters. The maximum absolute atomic E-state index is 12.2. The predicted octanol–water partition coefficient (Wildman–Crippen LogP) is 2.83. The molecule has 0 spiro atoms. The lowest BCUT2D eigenvalue weighted by Gasteiger charge is -2.24. The number of carbonyl (C=O) groups is 1. The first kappa shape index (κ1) is 20.6. The average Bonchev–Trinajstić information content (AvgIpc) is 2.99. The van der Waals surface area contributed by atoms with Crippen LogP contribution < -0.4 is 5.32 Å². The van der Waals surface area contributed by atoms with Gasteiger partial charge in [0.05, 0.1) is 10.7 Å². The summed E-state index contributed by atoms with van der Waals surface area (Å²) >= 11 is 1.68. The SMILES string of the molecule is CNCC1CCCN1C(=O)CCCc1csc(C)n1.Cl.Cl. The molecule has 0 radical (unpaired) electrons. The third-order valence-electron chi connectivity index (χ3n) is 3.63. The van der Waals surface area contributed by atoms with Gasteiger partial charge in [-0.15, -0.1) is 36.2 Å². The molecule has 0 aliphatic carbocycles. The highest BCUT2D eigenvalue weighted by Gasteiger charge is 2.27. The molecule has 0 bridgehead atoms. The monoisotopic (exact) mass is 353 g/mol. The molecular formula is C14H25Cl2N3OS. The van der Waals surface area contributed by atoms with Crippen molar-refractivity contribution < 1.29 is 4.79 Å². The Kier molecular flexibility index (Phi) is 10.2. The Labute approximate surface area is 143 Å². The van der Waals surface area contributed by atoms with E-state index in [-0.39, 0.29) is 24.8 Å². The summed E-state index contributed by atoms with van der Waals surface area (Å²) in [5, 5.41) is 6.38. The van der Waals surface area contributed by atoms with Crippen LogP contribution in [0.5, 0.6) is 0 Å². The fourth-order valence-electron chi connectivity index (χ4n) is 2.70. The average molecular weight is 354 g/mol. The predicted molar refractivity (Wildman–Crippen MR) is 92.9 cm³/mol. The van der Waals surface area contributed by atoms with Gasteiger partial charge in [-0.3, -0.25) is 4.79 Å². The van der Waals surface area contributed by atoms with Crippen LogP contribution in [0.3, 0.4) is 0 Å². The van der Waals surface area contributed by atoms with E-state index in [4.69, 9.17) is 0 Å². The van der Waals surface area contributed by atoms with Gasteiger partial charge in [-0.2, -0.15) is 0 Å². The molecule has 1 atom stereocenters. The molecule has 1 aromatic rings.